The summed E-state index contributed by atoms with van der Waals surface area (Å²) in [6.45, 7) is 3.48. The number of hydrogen-bond acceptors (Lipinski definition) is 5. The number of hydrogen-bond donors (Lipinski definition) is 3. The molecule has 0 bridgehead atoms. The van der Waals surface area contributed by atoms with Crippen LogP contribution < -0.4 is 10.6 Å². The molecular formula is C26H39N3O4. The zero-order chi connectivity index (χ0) is 23.5. The number of carbonyl (C=O) groups is 3. The van der Waals surface area contributed by atoms with Crippen LogP contribution in [0.3, 0.4) is 0 Å². The summed E-state index contributed by atoms with van der Waals surface area (Å²) in [7, 11) is 0. The molecule has 0 aliphatic carbocycles. The minimum Gasteiger partial charge on any atom is -0.481 e. The van der Waals surface area contributed by atoms with Gasteiger partial charge in [0.2, 0.25) is 11.8 Å². The van der Waals surface area contributed by atoms with E-state index in [0.29, 0.717) is 25.2 Å². The highest BCUT2D eigenvalue weighted by Crippen LogP contribution is 2.29. The second-order valence-corrected chi connectivity index (χ2v) is 9.50. The molecule has 2 heterocycles. The maximum Gasteiger partial charge on any atom is 0.303 e. The molecule has 1 aromatic carbocycles. The van der Waals surface area contributed by atoms with E-state index in [4.69, 9.17) is 5.11 Å². The van der Waals surface area contributed by atoms with Gasteiger partial charge >= 0.3 is 5.97 Å². The van der Waals surface area contributed by atoms with Gasteiger partial charge in [0.25, 0.3) is 0 Å². The molecule has 7 heteroatoms. The molecule has 2 fully saturated rings. The molecule has 3 N–H and O–H groups in total. The van der Waals surface area contributed by atoms with Crippen molar-refractivity contribution in [3.63, 3.8) is 0 Å². The first-order valence-electron chi connectivity index (χ1n) is 12.7. The number of carboxylic acid groups (broad SMARTS) is 1. The van der Waals surface area contributed by atoms with E-state index in [1.54, 1.807) is 0 Å². The zero-order valence-corrected chi connectivity index (χ0v) is 19.7. The Bertz CT molecular complexity index is 772. The Hall–Kier alpha value is -2.41. The molecule has 2 aliphatic rings. The van der Waals surface area contributed by atoms with Crippen molar-refractivity contribution in [3.8, 4) is 0 Å². The number of benzene rings is 1. The summed E-state index contributed by atoms with van der Waals surface area (Å²) >= 11 is 0. The highest BCUT2D eigenvalue weighted by atomic mass is 16.4. The average molecular weight is 458 g/mol. The molecule has 2 saturated heterocycles. The number of rotatable bonds is 13. The van der Waals surface area contributed by atoms with E-state index in [0.717, 1.165) is 38.0 Å². The van der Waals surface area contributed by atoms with Crippen LogP contribution in [0.5, 0.6) is 0 Å². The van der Waals surface area contributed by atoms with Crippen molar-refractivity contribution in [2.75, 3.05) is 25.0 Å². The summed E-state index contributed by atoms with van der Waals surface area (Å²) in [5.74, 6) is -0.516. The van der Waals surface area contributed by atoms with Gasteiger partial charge in [-0.25, -0.2) is 0 Å². The molecule has 33 heavy (non-hydrogen) atoms. The first-order valence-corrected chi connectivity index (χ1v) is 12.7. The minimum atomic E-state index is -0.683. The summed E-state index contributed by atoms with van der Waals surface area (Å²) in [4.78, 5) is 36.3. The summed E-state index contributed by atoms with van der Waals surface area (Å²) in [6, 6.07) is 8.10. The van der Waals surface area contributed by atoms with Gasteiger partial charge in [-0.2, -0.15) is 0 Å². The van der Waals surface area contributed by atoms with Crippen molar-refractivity contribution in [3.05, 3.63) is 29.8 Å². The van der Waals surface area contributed by atoms with E-state index >= 15 is 0 Å². The molecule has 182 valence electrons. The Balaban J connectivity index is 1.27. The van der Waals surface area contributed by atoms with Gasteiger partial charge in [-0.15, -0.1) is 0 Å². The van der Waals surface area contributed by atoms with Crippen LogP contribution in [0.2, 0.25) is 0 Å². The standard InChI is InChI=1S/C26H39N3O4/c30-24-14-13-23(26(33)28-24)27-22-11-9-20(10-12-22)21-15-18-29(19-16-21)17-7-5-3-1-2-4-6-8-25(31)32/h9-12,21,23,27H,1-8,13-19H2,(H,31,32)(H,28,30,33). The number of unbranched alkanes of at least 4 members (excludes halogenated alkanes) is 6. The number of amides is 2. The second-order valence-electron chi connectivity index (χ2n) is 9.50. The SMILES string of the molecule is O=C(O)CCCCCCCCCN1CCC(c2ccc(NC3CCC(=O)NC3=O)cc2)CC1. The lowest BCUT2D eigenvalue weighted by atomic mass is 9.89. The Morgan fingerprint density at radius 1 is 0.939 bits per heavy atom. The number of imide groups is 1. The van der Waals surface area contributed by atoms with E-state index in [-0.39, 0.29) is 17.9 Å². The molecule has 1 atom stereocenters. The van der Waals surface area contributed by atoms with Crippen LogP contribution in [0.1, 0.15) is 88.5 Å². The topological polar surface area (TPSA) is 98.7 Å². The molecule has 3 rings (SSSR count). The molecule has 0 saturated carbocycles. The van der Waals surface area contributed by atoms with Crippen LogP contribution in [0, 0.1) is 0 Å². The molecule has 7 nitrogen and oxygen atoms in total. The highest BCUT2D eigenvalue weighted by molar-refractivity contribution is 6.01. The fraction of sp³-hybridized carbons (Fsp3) is 0.654. The van der Waals surface area contributed by atoms with Crippen LogP contribution >= 0.6 is 0 Å². The minimum absolute atomic E-state index is 0.190. The van der Waals surface area contributed by atoms with Gasteiger partial charge in [0.1, 0.15) is 6.04 Å². The van der Waals surface area contributed by atoms with E-state index in [1.165, 1.54) is 50.6 Å². The molecule has 1 aromatic rings. The fourth-order valence-electron chi connectivity index (χ4n) is 4.87. The summed E-state index contributed by atoms with van der Waals surface area (Å²) in [6.07, 6.45) is 11.6. The summed E-state index contributed by atoms with van der Waals surface area (Å²) in [5, 5.41) is 14.3. The fourth-order valence-corrected chi connectivity index (χ4v) is 4.87. The summed E-state index contributed by atoms with van der Waals surface area (Å²) < 4.78 is 0. The molecule has 0 radical (unpaired) electrons. The van der Waals surface area contributed by atoms with Gasteiger partial charge in [-0.3, -0.25) is 19.7 Å². The van der Waals surface area contributed by atoms with Crippen LogP contribution in [0.25, 0.3) is 0 Å². The average Bonchev–Trinajstić information content (AvgIpc) is 2.80. The van der Waals surface area contributed by atoms with Crippen LogP contribution in [0.4, 0.5) is 5.69 Å². The maximum atomic E-state index is 11.9. The van der Waals surface area contributed by atoms with E-state index < -0.39 is 5.97 Å². The second kappa shape index (κ2) is 13.3. The first-order chi connectivity index (χ1) is 16.0. The van der Waals surface area contributed by atoms with Gasteiger partial charge in [0.05, 0.1) is 0 Å². The van der Waals surface area contributed by atoms with Crippen molar-refractivity contribution in [2.24, 2.45) is 0 Å². The number of likely N-dealkylation sites (tertiary alicyclic amines) is 1. The summed E-state index contributed by atoms with van der Waals surface area (Å²) in [5.41, 5.74) is 2.29. The number of carbonyl (C=O) groups excluding carboxylic acids is 2. The van der Waals surface area contributed by atoms with Crippen LogP contribution in [-0.2, 0) is 14.4 Å². The Morgan fingerprint density at radius 2 is 1.58 bits per heavy atom. The predicted octanol–water partition coefficient (Wildman–Crippen LogP) is 4.29. The molecule has 2 aliphatic heterocycles. The maximum absolute atomic E-state index is 11.9. The van der Waals surface area contributed by atoms with Crippen molar-refractivity contribution >= 4 is 23.5 Å². The molecule has 0 aromatic heterocycles. The lowest BCUT2D eigenvalue weighted by Crippen LogP contribution is -2.47. The van der Waals surface area contributed by atoms with Gasteiger partial charge in [-0.1, -0.05) is 44.2 Å². The van der Waals surface area contributed by atoms with Gasteiger partial charge < -0.3 is 15.3 Å². The lowest BCUT2D eigenvalue weighted by Gasteiger charge is -2.32. The first kappa shape index (κ1) is 25.2. The number of piperidine rings is 2. The molecule has 1 unspecified atom stereocenters. The van der Waals surface area contributed by atoms with Crippen molar-refractivity contribution in [1.29, 1.82) is 0 Å². The Kier molecular flexibility index (Phi) is 10.2. The smallest absolute Gasteiger partial charge is 0.303 e. The van der Waals surface area contributed by atoms with Gasteiger partial charge in [-0.05, 0) is 75.4 Å². The largest absolute Gasteiger partial charge is 0.481 e. The van der Waals surface area contributed by atoms with Crippen LogP contribution in [0.15, 0.2) is 24.3 Å². The normalized spacial score (nSPS) is 19.9. The number of nitrogens with zero attached hydrogens (tertiary/aromatic N) is 1. The van der Waals surface area contributed by atoms with Crippen molar-refractivity contribution < 1.29 is 19.5 Å². The Labute approximate surface area is 197 Å². The van der Waals surface area contributed by atoms with Gasteiger partial charge in [0, 0.05) is 18.5 Å². The van der Waals surface area contributed by atoms with Crippen molar-refractivity contribution in [2.45, 2.75) is 89.0 Å². The third-order valence-corrected chi connectivity index (χ3v) is 6.91. The van der Waals surface area contributed by atoms with E-state index in [2.05, 4.69) is 27.7 Å². The third kappa shape index (κ3) is 8.80. The highest BCUT2D eigenvalue weighted by Gasteiger charge is 2.26. The number of nitrogens with one attached hydrogen (secondary N) is 2. The van der Waals surface area contributed by atoms with Crippen molar-refractivity contribution in [1.82, 2.24) is 10.2 Å². The molecule has 0 spiro atoms. The molecular weight excluding hydrogens is 418 g/mol. The Morgan fingerprint density at radius 3 is 2.21 bits per heavy atom. The zero-order valence-electron chi connectivity index (χ0n) is 19.7. The number of aliphatic carboxylic acids is 1. The van der Waals surface area contributed by atoms with E-state index in [9.17, 15) is 14.4 Å². The van der Waals surface area contributed by atoms with E-state index in [1.807, 2.05) is 12.1 Å². The predicted molar refractivity (Wildman–Crippen MR) is 129 cm³/mol. The lowest BCUT2D eigenvalue weighted by molar-refractivity contribution is -0.137. The third-order valence-electron chi connectivity index (χ3n) is 6.91. The quantitative estimate of drug-likeness (QED) is 0.302. The number of carboxylic acids is 1. The monoisotopic (exact) mass is 457 g/mol. The van der Waals surface area contributed by atoms with Gasteiger partial charge in [0.15, 0.2) is 0 Å². The molecule has 2 amide bonds. The number of anilines is 1. The van der Waals surface area contributed by atoms with Crippen LogP contribution in [-0.4, -0.2) is 53.5 Å².